The van der Waals surface area contributed by atoms with E-state index in [4.69, 9.17) is 4.74 Å². The van der Waals surface area contributed by atoms with Gasteiger partial charge in [0.15, 0.2) is 12.4 Å². The first-order chi connectivity index (χ1) is 13.1. The SMILES string of the molecule is CC(=O)OCC(=O)[C@]1(O)CC[C@@H]2[C@@H]3CCC4=CC(=O)CC[C@@]4(C)C3=CC[C@]21C. The summed E-state index contributed by atoms with van der Waals surface area (Å²) in [5.41, 5.74) is 0.626. The second-order valence-corrected chi connectivity index (χ2v) is 9.60. The first-order valence-corrected chi connectivity index (χ1v) is 10.5. The molecule has 5 nitrogen and oxygen atoms in total. The van der Waals surface area contributed by atoms with Crippen LogP contribution in [0.2, 0.25) is 0 Å². The minimum Gasteiger partial charge on any atom is -0.458 e. The summed E-state index contributed by atoms with van der Waals surface area (Å²) in [4.78, 5) is 35.9. The number of allylic oxidation sites excluding steroid dienone is 4. The molecule has 152 valence electrons. The zero-order valence-electron chi connectivity index (χ0n) is 17.0. The molecule has 4 aliphatic rings. The fourth-order valence-electron chi connectivity index (χ4n) is 6.61. The predicted octanol–water partition coefficient (Wildman–Crippen LogP) is 3.30. The normalized spacial score (nSPS) is 41.9. The van der Waals surface area contributed by atoms with E-state index in [9.17, 15) is 19.5 Å². The van der Waals surface area contributed by atoms with Crippen molar-refractivity contribution in [2.24, 2.45) is 22.7 Å². The maximum absolute atomic E-state index is 12.8. The number of rotatable bonds is 3. The van der Waals surface area contributed by atoms with Gasteiger partial charge in [-0.25, -0.2) is 0 Å². The van der Waals surface area contributed by atoms with Gasteiger partial charge in [0.1, 0.15) is 5.60 Å². The molecule has 4 aliphatic carbocycles. The van der Waals surface area contributed by atoms with Crippen LogP contribution in [0.5, 0.6) is 0 Å². The molecule has 5 heteroatoms. The van der Waals surface area contributed by atoms with Crippen molar-refractivity contribution in [2.45, 2.75) is 71.3 Å². The Bertz CT molecular complexity index is 808. The van der Waals surface area contributed by atoms with E-state index in [1.165, 1.54) is 18.1 Å². The Morgan fingerprint density at radius 3 is 2.68 bits per heavy atom. The third-order valence-corrected chi connectivity index (χ3v) is 8.36. The van der Waals surface area contributed by atoms with Crippen molar-refractivity contribution in [3.8, 4) is 0 Å². The molecule has 0 unspecified atom stereocenters. The van der Waals surface area contributed by atoms with Gasteiger partial charge in [0.2, 0.25) is 5.78 Å². The second kappa shape index (κ2) is 6.38. The summed E-state index contributed by atoms with van der Waals surface area (Å²) < 4.78 is 4.91. The maximum atomic E-state index is 12.8. The lowest BCUT2D eigenvalue weighted by atomic mass is 9.50. The number of esters is 1. The Morgan fingerprint density at radius 1 is 1.21 bits per heavy atom. The predicted molar refractivity (Wildman–Crippen MR) is 103 cm³/mol. The van der Waals surface area contributed by atoms with Crippen LogP contribution in [0, 0.1) is 22.7 Å². The molecule has 0 amide bonds. The molecule has 2 saturated carbocycles. The number of carbonyl (C=O) groups is 3. The highest BCUT2D eigenvalue weighted by Gasteiger charge is 2.64. The van der Waals surface area contributed by atoms with Gasteiger partial charge in [0.25, 0.3) is 0 Å². The number of hydrogen-bond donors (Lipinski definition) is 1. The lowest BCUT2D eigenvalue weighted by Gasteiger charge is -2.54. The minimum atomic E-state index is -1.45. The summed E-state index contributed by atoms with van der Waals surface area (Å²) >= 11 is 0. The van der Waals surface area contributed by atoms with Crippen molar-refractivity contribution in [1.82, 2.24) is 0 Å². The Labute approximate surface area is 166 Å². The van der Waals surface area contributed by atoms with Gasteiger partial charge in [0, 0.05) is 24.2 Å². The number of hydrogen-bond acceptors (Lipinski definition) is 5. The van der Waals surface area contributed by atoms with Gasteiger partial charge in [-0.3, -0.25) is 14.4 Å². The summed E-state index contributed by atoms with van der Waals surface area (Å²) in [6.45, 7) is 5.21. The molecule has 28 heavy (non-hydrogen) atoms. The van der Waals surface area contributed by atoms with E-state index in [1.54, 1.807) is 0 Å². The largest absolute Gasteiger partial charge is 0.458 e. The highest BCUT2D eigenvalue weighted by atomic mass is 16.5. The molecule has 0 spiro atoms. The fraction of sp³-hybridized carbons (Fsp3) is 0.696. The average Bonchev–Trinajstić information content (AvgIpc) is 2.92. The molecule has 0 bridgehead atoms. The highest BCUT2D eigenvalue weighted by Crippen LogP contribution is 2.65. The van der Waals surface area contributed by atoms with Crippen LogP contribution in [0.1, 0.15) is 65.7 Å². The lowest BCUT2D eigenvalue weighted by Crippen LogP contribution is -2.55. The molecular formula is C23H30O5. The molecule has 0 saturated heterocycles. The molecule has 4 rings (SSSR count). The summed E-state index contributed by atoms with van der Waals surface area (Å²) in [6.07, 6.45) is 9.31. The van der Waals surface area contributed by atoms with Crippen LogP contribution in [0.15, 0.2) is 23.3 Å². The number of Topliss-reactive ketones (excluding diaryl/α,β-unsaturated/α-hetero) is 1. The van der Waals surface area contributed by atoms with Crippen molar-refractivity contribution in [2.75, 3.05) is 6.61 Å². The van der Waals surface area contributed by atoms with Crippen molar-refractivity contribution in [3.63, 3.8) is 0 Å². The van der Waals surface area contributed by atoms with E-state index in [2.05, 4.69) is 13.0 Å². The molecule has 0 heterocycles. The van der Waals surface area contributed by atoms with Crippen molar-refractivity contribution in [1.29, 1.82) is 0 Å². The van der Waals surface area contributed by atoms with E-state index in [0.29, 0.717) is 25.2 Å². The van der Waals surface area contributed by atoms with Gasteiger partial charge in [-0.2, -0.15) is 0 Å². The van der Waals surface area contributed by atoms with Gasteiger partial charge in [-0.15, -0.1) is 0 Å². The maximum Gasteiger partial charge on any atom is 0.303 e. The number of carbonyl (C=O) groups excluding carboxylic acids is 3. The molecule has 0 aromatic rings. The van der Waals surface area contributed by atoms with Gasteiger partial charge in [-0.05, 0) is 56.4 Å². The average molecular weight is 386 g/mol. The van der Waals surface area contributed by atoms with Gasteiger partial charge in [0.05, 0.1) is 0 Å². The van der Waals surface area contributed by atoms with Crippen LogP contribution in [-0.2, 0) is 19.1 Å². The van der Waals surface area contributed by atoms with E-state index in [0.717, 1.165) is 25.7 Å². The Morgan fingerprint density at radius 2 is 1.96 bits per heavy atom. The first-order valence-electron chi connectivity index (χ1n) is 10.5. The number of aliphatic hydroxyl groups is 1. The van der Waals surface area contributed by atoms with E-state index >= 15 is 0 Å². The van der Waals surface area contributed by atoms with Crippen molar-refractivity contribution < 1.29 is 24.2 Å². The second-order valence-electron chi connectivity index (χ2n) is 9.60. The zero-order chi connectivity index (χ0) is 20.3. The van der Waals surface area contributed by atoms with E-state index in [-0.39, 0.29) is 29.5 Å². The third kappa shape index (κ3) is 2.58. The Hall–Kier alpha value is -1.75. The number of ketones is 2. The van der Waals surface area contributed by atoms with Gasteiger partial charge >= 0.3 is 5.97 Å². The lowest BCUT2D eigenvalue weighted by molar-refractivity contribution is -0.162. The summed E-state index contributed by atoms with van der Waals surface area (Å²) in [6, 6.07) is 0. The summed E-state index contributed by atoms with van der Waals surface area (Å²) in [5.74, 6) is -0.0813. The van der Waals surface area contributed by atoms with Crippen LogP contribution in [0.25, 0.3) is 0 Å². The van der Waals surface area contributed by atoms with Crippen LogP contribution >= 0.6 is 0 Å². The summed E-state index contributed by atoms with van der Waals surface area (Å²) in [5, 5.41) is 11.4. The van der Waals surface area contributed by atoms with Gasteiger partial charge in [-0.1, -0.05) is 31.1 Å². The van der Waals surface area contributed by atoms with Crippen molar-refractivity contribution in [3.05, 3.63) is 23.3 Å². The van der Waals surface area contributed by atoms with Crippen LogP contribution in [0.4, 0.5) is 0 Å². The minimum absolute atomic E-state index is 0.0549. The smallest absolute Gasteiger partial charge is 0.303 e. The molecule has 0 aliphatic heterocycles. The Balaban J connectivity index is 1.66. The first kappa shape index (κ1) is 19.6. The third-order valence-electron chi connectivity index (χ3n) is 8.36. The van der Waals surface area contributed by atoms with E-state index in [1.807, 2.05) is 13.0 Å². The quantitative estimate of drug-likeness (QED) is 0.595. The molecule has 5 atom stereocenters. The zero-order valence-corrected chi connectivity index (χ0v) is 17.0. The molecule has 2 fully saturated rings. The Kier molecular flexibility index (Phi) is 4.46. The number of ether oxygens (including phenoxy) is 1. The number of fused-ring (bicyclic) bond motifs is 5. The molecule has 0 aromatic heterocycles. The standard InChI is InChI=1S/C23H30O5/c1-14(24)28-13-20(26)23(27)11-8-19-17-5-4-15-12-16(25)6-9-21(15,2)18(17)7-10-22(19,23)3/h7,12,17,19,27H,4-6,8-11,13H2,1-3H3/t17-,19-,21-,22-,23-/m1/s1. The monoisotopic (exact) mass is 386 g/mol. The van der Waals surface area contributed by atoms with Crippen LogP contribution in [-0.4, -0.2) is 34.9 Å². The van der Waals surface area contributed by atoms with Gasteiger partial charge < -0.3 is 9.84 Å². The van der Waals surface area contributed by atoms with E-state index < -0.39 is 17.0 Å². The molecule has 0 aromatic carbocycles. The topological polar surface area (TPSA) is 80.7 Å². The van der Waals surface area contributed by atoms with Crippen LogP contribution < -0.4 is 0 Å². The fourth-order valence-corrected chi connectivity index (χ4v) is 6.61. The summed E-state index contributed by atoms with van der Waals surface area (Å²) in [7, 11) is 0. The molecular weight excluding hydrogens is 356 g/mol. The van der Waals surface area contributed by atoms with Crippen LogP contribution in [0.3, 0.4) is 0 Å². The molecule has 0 radical (unpaired) electrons. The van der Waals surface area contributed by atoms with Crippen molar-refractivity contribution >= 4 is 17.5 Å². The highest BCUT2D eigenvalue weighted by molar-refractivity contribution is 5.92. The molecule has 1 N–H and O–H groups in total.